The van der Waals surface area contributed by atoms with Crippen LogP contribution in [-0.2, 0) is 11.5 Å². The minimum absolute atomic E-state index is 0.0146. The highest BCUT2D eigenvalue weighted by atomic mass is 19.3. The Labute approximate surface area is 121 Å². The van der Waals surface area contributed by atoms with Crippen molar-refractivity contribution in [3.05, 3.63) is 53.9 Å². The van der Waals surface area contributed by atoms with Gasteiger partial charge in [-0.3, -0.25) is 4.98 Å². The topological polar surface area (TPSA) is 58.9 Å². The first-order valence-electron chi connectivity index (χ1n) is 6.70. The monoisotopic (exact) mass is 293 g/mol. The van der Waals surface area contributed by atoms with Crippen molar-refractivity contribution in [3.8, 4) is 0 Å². The second kappa shape index (κ2) is 5.81. The number of aromatic nitrogens is 3. The lowest BCUT2D eigenvalue weighted by atomic mass is 9.83. The van der Waals surface area contributed by atoms with Crippen LogP contribution in [0.4, 0.5) is 8.78 Å². The smallest absolute Gasteiger partial charge is 0.321 e. The van der Waals surface area contributed by atoms with Gasteiger partial charge in [0.2, 0.25) is 0 Å². The van der Waals surface area contributed by atoms with Crippen molar-refractivity contribution >= 4 is 0 Å². The Kier molecular flexibility index (Phi) is 4.27. The number of nitrogens with zero attached hydrogens (tertiary/aromatic N) is 3. The lowest BCUT2D eigenvalue weighted by molar-refractivity contribution is -0.202. The standard InChI is InChI=1S/C15H17F2N3O/c1-3-6-14(21,12-8-18-10-19-9-12)15(16,17)13-5-4-11(2)7-20-13/h4-5,7-10,21H,3,6H2,1-2H3. The van der Waals surface area contributed by atoms with Crippen molar-refractivity contribution in [1.29, 1.82) is 0 Å². The van der Waals surface area contributed by atoms with E-state index in [-0.39, 0.29) is 12.0 Å². The average Bonchev–Trinajstić information content (AvgIpc) is 2.48. The van der Waals surface area contributed by atoms with Crippen LogP contribution in [0.2, 0.25) is 0 Å². The molecular formula is C15H17F2N3O. The van der Waals surface area contributed by atoms with E-state index in [1.165, 1.54) is 31.0 Å². The van der Waals surface area contributed by atoms with Crippen molar-refractivity contribution in [2.24, 2.45) is 0 Å². The predicted octanol–water partition coefficient (Wildman–Crippen LogP) is 2.96. The van der Waals surface area contributed by atoms with Gasteiger partial charge in [0.05, 0.1) is 0 Å². The number of aliphatic hydroxyl groups is 1. The van der Waals surface area contributed by atoms with E-state index >= 15 is 0 Å². The highest BCUT2D eigenvalue weighted by Crippen LogP contribution is 2.47. The van der Waals surface area contributed by atoms with Gasteiger partial charge in [0.1, 0.15) is 12.0 Å². The number of hydrogen-bond donors (Lipinski definition) is 1. The van der Waals surface area contributed by atoms with Gasteiger partial charge in [0.25, 0.3) is 0 Å². The Morgan fingerprint density at radius 3 is 2.33 bits per heavy atom. The SMILES string of the molecule is CCCC(O)(c1cncnc1)C(F)(F)c1ccc(C)cn1. The van der Waals surface area contributed by atoms with Crippen molar-refractivity contribution in [1.82, 2.24) is 15.0 Å². The Morgan fingerprint density at radius 1 is 1.14 bits per heavy atom. The second-order valence-corrected chi connectivity index (χ2v) is 5.03. The van der Waals surface area contributed by atoms with Crippen molar-refractivity contribution in [2.45, 2.75) is 38.2 Å². The number of aryl methyl sites for hydroxylation is 1. The summed E-state index contributed by atoms with van der Waals surface area (Å²) >= 11 is 0. The molecule has 1 unspecified atom stereocenters. The van der Waals surface area contributed by atoms with Gasteiger partial charge in [-0.1, -0.05) is 19.4 Å². The van der Waals surface area contributed by atoms with E-state index in [4.69, 9.17) is 0 Å². The van der Waals surface area contributed by atoms with Crippen LogP contribution in [0.5, 0.6) is 0 Å². The minimum Gasteiger partial charge on any atom is -0.378 e. The first kappa shape index (κ1) is 15.4. The molecular weight excluding hydrogens is 276 g/mol. The van der Waals surface area contributed by atoms with Gasteiger partial charge >= 0.3 is 5.92 Å². The predicted molar refractivity (Wildman–Crippen MR) is 73.7 cm³/mol. The second-order valence-electron chi connectivity index (χ2n) is 5.03. The van der Waals surface area contributed by atoms with E-state index in [0.29, 0.717) is 6.42 Å². The largest absolute Gasteiger partial charge is 0.378 e. The van der Waals surface area contributed by atoms with Crippen LogP contribution in [0.15, 0.2) is 37.1 Å². The maximum absolute atomic E-state index is 14.8. The zero-order chi connectivity index (χ0) is 15.5. The molecule has 0 fully saturated rings. The number of alkyl halides is 2. The lowest BCUT2D eigenvalue weighted by Crippen LogP contribution is -2.44. The van der Waals surface area contributed by atoms with Crippen LogP contribution in [-0.4, -0.2) is 20.1 Å². The molecule has 1 atom stereocenters. The molecule has 0 bridgehead atoms. The highest BCUT2D eigenvalue weighted by Gasteiger charge is 2.55. The molecule has 2 rings (SSSR count). The van der Waals surface area contributed by atoms with Crippen LogP contribution >= 0.6 is 0 Å². The molecule has 0 radical (unpaired) electrons. The van der Waals surface area contributed by atoms with Crippen LogP contribution in [0.25, 0.3) is 0 Å². The minimum atomic E-state index is -3.54. The third kappa shape index (κ3) is 2.76. The summed E-state index contributed by atoms with van der Waals surface area (Å²) in [6, 6.07) is 2.78. The van der Waals surface area contributed by atoms with E-state index in [1.807, 2.05) is 0 Å². The number of pyridine rings is 1. The van der Waals surface area contributed by atoms with Crippen molar-refractivity contribution in [3.63, 3.8) is 0 Å². The number of hydrogen-bond acceptors (Lipinski definition) is 4. The molecule has 6 heteroatoms. The van der Waals surface area contributed by atoms with Gasteiger partial charge < -0.3 is 5.11 Å². The molecule has 0 saturated carbocycles. The first-order valence-corrected chi connectivity index (χ1v) is 6.70. The van der Waals surface area contributed by atoms with Gasteiger partial charge in [-0.05, 0) is 25.0 Å². The van der Waals surface area contributed by atoms with E-state index in [2.05, 4.69) is 15.0 Å². The van der Waals surface area contributed by atoms with Crippen molar-refractivity contribution in [2.75, 3.05) is 0 Å². The molecule has 0 aromatic carbocycles. The Balaban J connectivity index is 2.52. The fourth-order valence-corrected chi connectivity index (χ4v) is 2.22. The fraction of sp³-hybridized carbons (Fsp3) is 0.400. The lowest BCUT2D eigenvalue weighted by Gasteiger charge is -2.35. The van der Waals surface area contributed by atoms with E-state index in [1.54, 1.807) is 19.9 Å². The van der Waals surface area contributed by atoms with Gasteiger partial charge in [0, 0.05) is 24.2 Å². The Bertz CT molecular complexity index is 590. The maximum atomic E-state index is 14.8. The third-order valence-electron chi connectivity index (χ3n) is 3.40. The summed E-state index contributed by atoms with van der Waals surface area (Å²) in [7, 11) is 0. The Morgan fingerprint density at radius 2 is 1.81 bits per heavy atom. The van der Waals surface area contributed by atoms with Crippen LogP contribution in [0, 0.1) is 6.92 Å². The van der Waals surface area contributed by atoms with E-state index < -0.39 is 17.2 Å². The van der Waals surface area contributed by atoms with Gasteiger partial charge in [-0.2, -0.15) is 8.78 Å². The molecule has 21 heavy (non-hydrogen) atoms. The summed E-state index contributed by atoms with van der Waals surface area (Å²) in [4.78, 5) is 11.2. The molecule has 0 saturated heterocycles. The fourth-order valence-electron chi connectivity index (χ4n) is 2.22. The summed E-state index contributed by atoms with van der Waals surface area (Å²) in [6.07, 6.45) is 5.28. The molecule has 2 aromatic heterocycles. The maximum Gasteiger partial charge on any atom is 0.321 e. The first-order chi connectivity index (χ1) is 9.91. The summed E-state index contributed by atoms with van der Waals surface area (Å²) < 4.78 is 29.7. The van der Waals surface area contributed by atoms with Gasteiger partial charge in [-0.25, -0.2) is 9.97 Å². The van der Waals surface area contributed by atoms with Gasteiger partial charge in [0.15, 0.2) is 5.60 Å². The van der Waals surface area contributed by atoms with Gasteiger partial charge in [-0.15, -0.1) is 0 Å². The third-order valence-corrected chi connectivity index (χ3v) is 3.40. The van der Waals surface area contributed by atoms with E-state index in [0.717, 1.165) is 5.56 Å². The van der Waals surface area contributed by atoms with Crippen LogP contribution in [0.3, 0.4) is 0 Å². The highest BCUT2D eigenvalue weighted by molar-refractivity contribution is 5.26. The molecule has 0 aliphatic rings. The summed E-state index contributed by atoms with van der Waals surface area (Å²) in [5.41, 5.74) is -2.09. The molecule has 0 amide bonds. The molecule has 1 N–H and O–H groups in total. The number of rotatable bonds is 5. The Hall–Kier alpha value is -1.95. The molecule has 0 spiro atoms. The zero-order valence-corrected chi connectivity index (χ0v) is 11.9. The normalized spacial score (nSPS) is 14.7. The summed E-state index contributed by atoms with van der Waals surface area (Å²) in [5.74, 6) is -3.54. The molecule has 4 nitrogen and oxygen atoms in total. The summed E-state index contributed by atoms with van der Waals surface area (Å²) in [6.45, 7) is 3.49. The molecule has 112 valence electrons. The molecule has 2 heterocycles. The van der Waals surface area contributed by atoms with Crippen LogP contribution in [0.1, 0.15) is 36.6 Å². The quantitative estimate of drug-likeness (QED) is 0.920. The van der Waals surface area contributed by atoms with Crippen molar-refractivity contribution < 1.29 is 13.9 Å². The van der Waals surface area contributed by atoms with Crippen LogP contribution < -0.4 is 0 Å². The zero-order valence-electron chi connectivity index (χ0n) is 11.9. The number of halogens is 2. The van der Waals surface area contributed by atoms with E-state index in [9.17, 15) is 13.9 Å². The summed E-state index contributed by atoms with van der Waals surface area (Å²) in [5, 5.41) is 10.7. The average molecular weight is 293 g/mol. The molecule has 0 aliphatic heterocycles. The molecule has 0 aliphatic carbocycles. The molecule has 2 aromatic rings.